The minimum Gasteiger partial charge on any atom is -0.479 e. The molecule has 4 N–H and O–H groups in total. The van der Waals surface area contributed by atoms with E-state index in [4.69, 9.17) is 15.3 Å². The van der Waals surface area contributed by atoms with Gasteiger partial charge in [-0.2, -0.15) is 0 Å². The van der Waals surface area contributed by atoms with E-state index < -0.39 is 12.1 Å². The maximum absolute atomic E-state index is 11.8. The molecule has 1 saturated heterocycles. The monoisotopic (exact) mass is 275 g/mol. The second-order valence-corrected chi connectivity index (χ2v) is 4.45. The van der Waals surface area contributed by atoms with Crippen molar-refractivity contribution in [2.24, 2.45) is 0 Å². The number of aliphatic hydroxyl groups is 2. The highest BCUT2D eigenvalue weighted by Gasteiger charge is 2.20. The van der Waals surface area contributed by atoms with Gasteiger partial charge in [-0.05, 0) is 13.0 Å². The van der Waals surface area contributed by atoms with E-state index >= 15 is 0 Å². The Morgan fingerprint density at radius 1 is 1.21 bits per heavy atom. The molecule has 0 aromatic rings. The average molecular weight is 275 g/mol. The summed E-state index contributed by atoms with van der Waals surface area (Å²) in [5.74, 6) is -1.36. The molecule has 0 radical (unpaired) electrons. The summed E-state index contributed by atoms with van der Waals surface area (Å²) in [4.78, 5) is 25.9. The predicted molar refractivity (Wildman–Crippen MR) is 66.8 cm³/mol. The molecule has 8 heteroatoms. The molecular weight excluding hydrogens is 254 g/mol. The zero-order valence-corrected chi connectivity index (χ0v) is 10.8. The minimum atomic E-state index is -1.58. The van der Waals surface area contributed by atoms with Crippen molar-refractivity contribution < 1.29 is 24.9 Å². The van der Waals surface area contributed by atoms with Crippen LogP contribution in [0.4, 0.5) is 4.79 Å². The average Bonchev–Trinajstić information content (AvgIpc) is 2.61. The third-order valence-corrected chi connectivity index (χ3v) is 3.02. The molecular formula is C11H21N3O5. The van der Waals surface area contributed by atoms with Gasteiger partial charge in [-0.15, -0.1) is 0 Å². The molecule has 8 nitrogen and oxygen atoms in total. The van der Waals surface area contributed by atoms with Crippen LogP contribution in [-0.2, 0) is 4.79 Å². The quantitative estimate of drug-likeness (QED) is 0.468. The number of carboxylic acids is 1. The zero-order valence-electron chi connectivity index (χ0n) is 10.8. The Hall–Kier alpha value is -1.38. The number of urea groups is 1. The smallest absolute Gasteiger partial charge is 0.334 e. The van der Waals surface area contributed by atoms with Crippen molar-refractivity contribution in [3.05, 3.63) is 0 Å². The van der Waals surface area contributed by atoms with Gasteiger partial charge in [0.15, 0.2) is 6.10 Å². The Bertz CT molecular complexity index is 313. The van der Waals surface area contributed by atoms with Gasteiger partial charge in [0.25, 0.3) is 0 Å². The first kappa shape index (κ1) is 15.7. The SMILES string of the molecule is O=C(O)[C@@H](O)CNC(=O)N1CCCN(CCO)CC1. The molecule has 1 aliphatic rings. The number of carbonyl (C=O) groups excluding carboxylic acids is 1. The van der Waals surface area contributed by atoms with Gasteiger partial charge in [-0.25, -0.2) is 9.59 Å². The summed E-state index contributed by atoms with van der Waals surface area (Å²) in [6, 6.07) is -0.369. The Morgan fingerprint density at radius 3 is 2.58 bits per heavy atom. The predicted octanol–water partition coefficient (Wildman–Crippen LogP) is -1.86. The molecule has 0 aromatic carbocycles. The van der Waals surface area contributed by atoms with Crippen molar-refractivity contribution in [1.29, 1.82) is 0 Å². The van der Waals surface area contributed by atoms with Gasteiger partial charge >= 0.3 is 12.0 Å². The maximum Gasteiger partial charge on any atom is 0.334 e. The molecule has 0 unspecified atom stereocenters. The van der Waals surface area contributed by atoms with E-state index in [-0.39, 0.29) is 19.2 Å². The van der Waals surface area contributed by atoms with Crippen LogP contribution in [0.3, 0.4) is 0 Å². The van der Waals surface area contributed by atoms with E-state index in [2.05, 4.69) is 10.2 Å². The normalized spacial score (nSPS) is 18.7. The number of aliphatic hydroxyl groups excluding tert-OH is 2. The molecule has 1 atom stereocenters. The van der Waals surface area contributed by atoms with Gasteiger partial charge in [-0.3, -0.25) is 4.90 Å². The summed E-state index contributed by atoms with van der Waals surface area (Å²) in [7, 11) is 0. The number of amides is 2. The van der Waals surface area contributed by atoms with Crippen LogP contribution in [-0.4, -0.2) is 89.1 Å². The van der Waals surface area contributed by atoms with Gasteiger partial charge in [0, 0.05) is 26.2 Å². The zero-order chi connectivity index (χ0) is 14.3. The molecule has 0 aromatic heterocycles. The van der Waals surface area contributed by atoms with Crippen molar-refractivity contribution in [3.8, 4) is 0 Å². The van der Waals surface area contributed by atoms with Crippen LogP contribution >= 0.6 is 0 Å². The lowest BCUT2D eigenvalue weighted by Gasteiger charge is -2.22. The van der Waals surface area contributed by atoms with Crippen LogP contribution in [0.5, 0.6) is 0 Å². The number of hydrogen-bond donors (Lipinski definition) is 4. The highest BCUT2D eigenvalue weighted by atomic mass is 16.4. The second-order valence-electron chi connectivity index (χ2n) is 4.45. The van der Waals surface area contributed by atoms with Gasteiger partial charge in [0.1, 0.15) is 0 Å². The molecule has 1 rings (SSSR count). The number of carboxylic acid groups (broad SMARTS) is 1. The van der Waals surface area contributed by atoms with E-state index in [0.29, 0.717) is 26.2 Å². The van der Waals surface area contributed by atoms with E-state index in [1.807, 2.05) is 0 Å². The Labute approximate surface area is 111 Å². The van der Waals surface area contributed by atoms with Crippen molar-refractivity contribution in [3.63, 3.8) is 0 Å². The van der Waals surface area contributed by atoms with Crippen molar-refractivity contribution in [2.75, 3.05) is 45.9 Å². The molecule has 1 aliphatic heterocycles. The standard InChI is InChI=1S/C11H21N3O5/c15-7-6-13-2-1-3-14(5-4-13)11(19)12-8-9(16)10(17)18/h9,15-16H,1-8H2,(H,12,19)(H,17,18)/t9-/m0/s1. The van der Waals surface area contributed by atoms with Crippen LogP contribution in [0.15, 0.2) is 0 Å². The molecule has 0 saturated carbocycles. The molecule has 110 valence electrons. The molecule has 0 spiro atoms. The number of rotatable bonds is 5. The lowest BCUT2D eigenvalue weighted by Crippen LogP contribution is -2.45. The number of carbonyl (C=O) groups is 2. The van der Waals surface area contributed by atoms with Crippen LogP contribution in [0.1, 0.15) is 6.42 Å². The first-order chi connectivity index (χ1) is 9.04. The second kappa shape index (κ2) is 7.93. The Morgan fingerprint density at radius 2 is 1.95 bits per heavy atom. The first-order valence-electron chi connectivity index (χ1n) is 6.31. The lowest BCUT2D eigenvalue weighted by molar-refractivity contribution is -0.146. The summed E-state index contributed by atoms with van der Waals surface area (Å²) >= 11 is 0. The van der Waals surface area contributed by atoms with Crippen molar-refractivity contribution in [1.82, 2.24) is 15.1 Å². The third-order valence-electron chi connectivity index (χ3n) is 3.02. The summed E-state index contributed by atoms with van der Waals surface area (Å²) in [6.45, 7) is 2.98. The molecule has 0 bridgehead atoms. The fourth-order valence-electron chi connectivity index (χ4n) is 1.92. The molecule has 19 heavy (non-hydrogen) atoms. The van der Waals surface area contributed by atoms with Gasteiger partial charge in [0.2, 0.25) is 0 Å². The van der Waals surface area contributed by atoms with E-state index in [0.717, 1.165) is 13.0 Å². The summed E-state index contributed by atoms with van der Waals surface area (Å²) in [5.41, 5.74) is 0. The first-order valence-corrected chi connectivity index (χ1v) is 6.31. The minimum absolute atomic E-state index is 0.0942. The van der Waals surface area contributed by atoms with Crippen LogP contribution < -0.4 is 5.32 Å². The number of nitrogens with zero attached hydrogens (tertiary/aromatic N) is 2. The van der Waals surface area contributed by atoms with E-state index in [1.165, 1.54) is 0 Å². The highest BCUT2D eigenvalue weighted by molar-refractivity contribution is 5.76. The lowest BCUT2D eigenvalue weighted by atomic mass is 10.3. The number of β-amino-alcohol motifs (C(OH)–C–C–N with tert-alkyl or cyclic N) is 1. The largest absolute Gasteiger partial charge is 0.479 e. The fraction of sp³-hybridized carbons (Fsp3) is 0.818. The number of aliphatic carboxylic acids is 1. The third kappa shape index (κ3) is 5.41. The topological polar surface area (TPSA) is 113 Å². The van der Waals surface area contributed by atoms with Gasteiger partial charge in [0.05, 0.1) is 13.2 Å². The fourth-order valence-corrected chi connectivity index (χ4v) is 1.92. The molecule has 1 fully saturated rings. The maximum atomic E-state index is 11.8. The van der Waals surface area contributed by atoms with E-state index in [9.17, 15) is 9.59 Å². The Balaban J connectivity index is 2.34. The molecule has 2 amide bonds. The van der Waals surface area contributed by atoms with Crippen LogP contribution in [0.25, 0.3) is 0 Å². The van der Waals surface area contributed by atoms with Gasteiger partial charge in [-0.1, -0.05) is 0 Å². The number of hydrogen-bond acceptors (Lipinski definition) is 5. The Kier molecular flexibility index (Phi) is 6.54. The van der Waals surface area contributed by atoms with Crippen LogP contribution in [0.2, 0.25) is 0 Å². The number of nitrogens with one attached hydrogen (secondary N) is 1. The highest BCUT2D eigenvalue weighted by Crippen LogP contribution is 2.03. The van der Waals surface area contributed by atoms with Crippen molar-refractivity contribution >= 4 is 12.0 Å². The van der Waals surface area contributed by atoms with Crippen molar-refractivity contribution in [2.45, 2.75) is 12.5 Å². The van der Waals surface area contributed by atoms with E-state index in [1.54, 1.807) is 4.90 Å². The van der Waals surface area contributed by atoms with Gasteiger partial charge < -0.3 is 25.5 Å². The molecule has 1 heterocycles. The molecule has 0 aliphatic carbocycles. The summed E-state index contributed by atoms with van der Waals surface area (Å²) < 4.78 is 0. The summed E-state index contributed by atoms with van der Waals surface area (Å²) in [6.07, 6.45) is -0.781. The van der Waals surface area contributed by atoms with Crippen LogP contribution in [0, 0.1) is 0 Å². The summed E-state index contributed by atoms with van der Waals surface area (Å²) in [5, 5.41) is 28.8.